The summed E-state index contributed by atoms with van der Waals surface area (Å²) in [6.45, 7) is 2.13. The third kappa shape index (κ3) is 6.13. The number of hydrogen-bond acceptors (Lipinski definition) is 4. The van der Waals surface area contributed by atoms with E-state index in [9.17, 15) is 14.4 Å². The molecule has 0 aromatic heterocycles. The van der Waals surface area contributed by atoms with Gasteiger partial charge >= 0.3 is 0 Å². The molecule has 4 rings (SSSR count). The minimum Gasteiger partial charge on any atom is -0.343 e. The standard InChI is InChI=1S/C29H38N4O3/c1-20(30)27(34)32-26(23-16-9-4-10-17-23)29(36)33-19-11-18-24(33)28(35)31-25(21-12-5-2-6-13-21)22-14-7-3-8-15-22/h2-3,5-8,12-15,20,23-26H,4,9-11,16-19,30H2,1H3,(H,31,35)(H,32,34)/t20-,24-,26+/m0/s1. The lowest BCUT2D eigenvalue weighted by molar-refractivity contribution is -0.143. The number of nitrogens with two attached hydrogens (primary N) is 1. The van der Waals surface area contributed by atoms with Crippen LogP contribution in [-0.4, -0.2) is 47.3 Å². The summed E-state index contributed by atoms with van der Waals surface area (Å²) in [6.07, 6.45) is 6.38. The van der Waals surface area contributed by atoms with Crippen LogP contribution in [0.2, 0.25) is 0 Å². The van der Waals surface area contributed by atoms with E-state index >= 15 is 0 Å². The third-order valence-electron chi connectivity index (χ3n) is 7.49. The van der Waals surface area contributed by atoms with Crippen molar-refractivity contribution in [1.82, 2.24) is 15.5 Å². The van der Waals surface area contributed by atoms with Gasteiger partial charge in [-0.05, 0) is 49.7 Å². The predicted octanol–water partition coefficient (Wildman–Crippen LogP) is 3.30. The zero-order valence-electron chi connectivity index (χ0n) is 21.1. The normalized spacial score (nSPS) is 20.1. The van der Waals surface area contributed by atoms with Crippen molar-refractivity contribution >= 4 is 17.7 Å². The number of rotatable bonds is 8. The Hall–Kier alpha value is -3.19. The molecule has 0 unspecified atom stereocenters. The zero-order valence-corrected chi connectivity index (χ0v) is 21.1. The lowest BCUT2D eigenvalue weighted by Gasteiger charge is -2.35. The largest absolute Gasteiger partial charge is 0.343 e. The molecule has 4 N–H and O–H groups in total. The maximum Gasteiger partial charge on any atom is 0.246 e. The molecule has 7 heteroatoms. The molecule has 192 valence electrons. The minimum absolute atomic E-state index is 0.0691. The molecule has 1 aliphatic carbocycles. The van der Waals surface area contributed by atoms with E-state index in [0.717, 1.165) is 49.7 Å². The molecule has 2 fully saturated rings. The van der Waals surface area contributed by atoms with Gasteiger partial charge in [0, 0.05) is 6.54 Å². The Balaban J connectivity index is 1.54. The molecule has 36 heavy (non-hydrogen) atoms. The van der Waals surface area contributed by atoms with E-state index in [-0.39, 0.29) is 29.7 Å². The molecular weight excluding hydrogens is 452 g/mol. The van der Waals surface area contributed by atoms with Crippen molar-refractivity contribution in [3.63, 3.8) is 0 Å². The monoisotopic (exact) mass is 490 g/mol. The van der Waals surface area contributed by atoms with Gasteiger partial charge in [-0.15, -0.1) is 0 Å². The van der Waals surface area contributed by atoms with Gasteiger partial charge in [0.05, 0.1) is 12.1 Å². The maximum atomic E-state index is 13.8. The molecule has 3 amide bonds. The van der Waals surface area contributed by atoms with Gasteiger partial charge in [-0.3, -0.25) is 14.4 Å². The Bertz CT molecular complexity index is 982. The van der Waals surface area contributed by atoms with E-state index in [1.165, 1.54) is 0 Å². The van der Waals surface area contributed by atoms with Crippen molar-refractivity contribution in [3.8, 4) is 0 Å². The number of carbonyl (C=O) groups is 3. The van der Waals surface area contributed by atoms with E-state index in [1.54, 1.807) is 11.8 Å². The highest BCUT2D eigenvalue weighted by Crippen LogP contribution is 2.30. The number of likely N-dealkylation sites (tertiary alicyclic amines) is 1. The van der Waals surface area contributed by atoms with Crippen LogP contribution in [0.5, 0.6) is 0 Å². The highest BCUT2D eigenvalue weighted by Gasteiger charge is 2.41. The summed E-state index contributed by atoms with van der Waals surface area (Å²) in [4.78, 5) is 41.7. The SMILES string of the molecule is C[C@H](N)C(=O)N[C@@H](C(=O)N1CCC[C@H]1C(=O)NC(c1ccccc1)c1ccccc1)C1CCCCC1. The zero-order chi connectivity index (χ0) is 25.5. The van der Waals surface area contributed by atoms with E-state index < -0.39 is 18.1 Å². The first kappa shape index (κ1) is 25.9. The molecule has 0 spiro atoms. The van der Waals surface area contributed by atoms with Gasteiger partial charge in [-0.25, -0.2) is 0 Å². The molecule has 0 bridgehead atoms. The Morgan fingerprint density at radius 3 is 1.97 bits per heavy atom. The highest BCUT2D eigenvalue weighted by molar-refractivity contribution is 5.93. The molecule has 7 nitrogen and oxygen atoms in total. The smallest absolute Gasteiger partial charge is 0.246 e. The molecule has 2 aromatic carbocycles. The first-order chi connectivity index (χ1) is 17.5. The summed E-state index contributed by atoms with van der Waals surface area (Å²) >= 11 is 0. The molecule has 1 heterocycles. The molecule has 2 aromatic rings. The maximum absolute atomic E-state index is 13.8. The lowest BCUT2D eigenvalue weighted by atomic mass is 9.83. The van der Waals surface area contributed by atoms with E-state index in [1.807, 2.05) is 60.7 Å². The van der Waals surface area contributed by atoms with Crippen molar-refractivity contribution in [2.45, 2.75) is 76.0 Å². The Morgan fingerprint density at radius 2 is 1.42 bits per heavy atom. The summed E-state index contributed by atoms with van der Waals surface area (Å²) in [5, 5.41) is 6.14. The second-order valence-electron chi connectivity index (χ2n) is 10.1. The van der Waals surface area contributed by atoms with Crippen LogP contribution in [-0.2, 0) is 14.4 Å². The van der Waals surface area contributed by atoms with Gasteiger partial charge in [0.15, 0.2) is 0 Å². The Morgan fingerprint density at radius 1 is 0.833 bits per heavy atom. The van der Waals surface area contributed by atoms with Crippen molar-refractivity contribution in [1.29, 1.82) is 0 Å². The van der Waals surface area contributed by atoms with Crippen molar-refractivity contribution in [2.24, 2.45) is 11.7 Å². The first-order valence-electron chi connectivity index (χ1n) is 13.2. The number of benzene rings is 2. The summed E-state index contributed by atoms with van der Waals surface area (Å²) in [6, 6.07) is 17.5. The fourth-order valence-electron chi connectivity index (χ4n) is 5.50. The Labute approximate surface area is 213 Å². The summed E-state index contributed by atoms with van der Waals surface area (Å²) in [5.74, 6) is -0.587. The van der Waals surface area contributed by atoms with Gasteiger partial charge in [-0.2, -0.15) is 0 Å². The minimum atomic E-state index is -0.695. The third-order valence-corrected chi connectivity index (χ3v) is 7.49. The van der Waals surface area contributed by atoms with Crippen LogP contribution in [0, 0.1) is 5.92 Å². The molecule has 1 saturated heterocycles. The Kier molecular flexibility index (Phi) is 8.75. The summed E-state index contributed by atoms with van der Waals surface area (Å²) in [7, 11) is 0. The predicted molar refractivity (Wildman–Crippen MR) is 140 cm³/mol. The number of hydrogen-bond donors (Lipinski definition) is 3. The second kappa shape index (κ2) is 12.2. The van der Waals surface area contributed by atoms with Crippen LogP contribution in [0.3, 0.4) is 0 Å². The van der Waals surface area contributed by atoms with Gasteiger partial charge in [-0.1, -0.05) is 79.9 Å². The van der Waals surface area contributed by atoms with Gasteiger partial charge in [0.25, 0.3) is 0 Å². The molecule has 2 aliphatic rings. The average Bonchev–Trinajstić information content (AvgIpc) is 3.41. The fourth-order valence-corrected chi connectivity index (χ4v) is 5.50. The van der Waals surface area contributed by atoms with Gasteiger partial charge in [0.2, 0.25) is 17.7 Å². The van der Waals surface area contributed by atoms with Crippen LogP contribution >= 0.6 is 0 Å². The van der Waals surface area contributed by atoms with Crippen LogP contribution in [0.1, 0.15) is 69.0 Å². The highest BCUT2D eigenvalue weighted by atomic mass is 16.2. The average molecular weight is 491 g/mol. The first-order valence-corrected chi connectivity index (χ1v) is 13.2. The molecular formula is C29H38N4O3. The van der Waals surface area contributed by atoms with Crippen molar-refractivity contribution in [2.75, 3.05) is 6.54 Å². The number of nitrogens with one attached hydrogen (secondary N) is 2. The van der Waals surface area contributed by atoms with E-state index in [4.69, 9.17) is 5.73 Å². The number of carbonyl (C=O) groups excluding carboxylic acids is 3. The number of nitrogens with zero attached hydrogens (tertiary/aromatic N) is 1. The van der Waals surface area contributed by atoms with Crippen LogP contribution in [0.25, 0.3) is 0 Å². The van der Waals surface area contributed by atoms with Crippen molar-refractivity contribution < 1.29 is 14.4 Å². The topological polar surface area (TPSA) is 105 Å². The molecule has 3 atom stereocenters. The molecule has 1 saturated carbocycles. The quantitative estimate of drug-likeness (QED) is 0.528. The van der Waals surface area contributed by atoms with E-state index in [0.29, 0.717) is 13.0 Å². The lowest BCUT2D eigenvalue weighted by Crippen LogP contribution is -2.58. The number of amides is 3. The summed E-state index contributed by atoms with van der Waals surface area (Å²) in [5.41, 5.74) is 7.77. The molecule has 1 aliphatic heterocycles. The van der Waals surface area contributed by atoms with Crippen molar-refractivity contribution in [3.05, 3.63) is 71.8 Å². The summed E-state index contributed by atoms with van der Waals surface area (Å²) < 4.78 is 0. The van der Waals surface area contributed by atoms with Crippen LogP contribution in [0.15, 0.2) is 60.7 Å². The molecule has 0 radical (unpaired) electrons. The van der Waals surface area contributed by atoms with Crippen LogP contribution < -0.4 is 16.4 Å². The van der Waals surface area contributed by atoms with Gasteiger partial charge in [0.1, 0.15) is 12.1 Å². The van der Waals surface area contributed by atoms with E-state index in [2.05, 4.69) is 10.6 Å². The second-order valence-corrected chi connectivity index (χ2v) is 10.1. The fraction of sp³-hybridized carbons (Fsp3) is 0.483. The van der Waals surface area contributed by atoms with Crippen LogP contribution in [0.4, 0.5) is 0 Å². The van der Waals surface area contributed by atoms with Gasteiger partial charge < -0.3 is 21.3 Å².